The number of rotatable bonds is 6. The molecule has 5 nitrogen and oxygen atoms in total. The van der Waals surface area contributed by atoms with Gasteiger partial charge in [0, 0.05) is 4.90 Å². The number of nitrogens with zero attached hydrogens (tertiary/aromatic N) is 3. The van der Waals surface area contributed by atoms with Crippen molar-refractivity contribution in [2.24, 2.45) is 0 Å². The molecule has 3 aromatic rings. The summed E-state index contributed by atoms with van der Waals surface area (Å²) in [5, 5.41) is 14.2. The predicted molar refractivity (Wildman–Crippen MR) is 99.9 cm³/mol. The molecule has 0 saturated carbocycles. The molecule has 2 N–H and O–H groups in total. The summed E-state index contributed by atoms with van der Waals surface area (Å²) in [4.78, 5) is 13.6. The zero-order valence-electron chi connectivity index (χ0n) is 13.5. The number of hydrogen-bond acceptors (Lipinski definition) is 6. The zero-order chi connectivity index (χ0) is 17.6. The summed E-state index contributed by atoms with van der Waals surface area (Å²) in [6.45, 7) is 1.86. The standard InChI is InChI=1S/C18H17ClN4OS/c1-12(15(24)13-8-4-2-5-9-13)20-17-21-16(19)22-18(23-17)25-14-10-6-3-7-11-14/h2-12,15,24H,1H3,(H,20,21,22,23)/t12-,15-/m1/s1. The zero-order valence-corrected chi connectivity index (χ0v) is 15.1. The van der Waals surface area contributed by atoms with Crippen LogP contribution in [0.2, 0.25) is 5.28 Å². The summed E-state index contributed by atoms with van der Waals surface area (Å²) in [5.74, 6) is 0.334. The topological polar surface area (TPSA) is 70.9 Å². The van der Waals surface area contributed by atoms with E-state index >= 15 is 0 Å². The van der Waals surface area contributed by atoms with Gasteiger partial charge in [-0.2, -0.15) is 15.0 Å². The summed E-state index contributed by atoms with van der Waals surface area (Å²) >= 11 is 7.42. The Labute approximate surface area is 155 Å². The maximum atomic E-state index is 10.5. The molecule has 0 amide bonds. The molecule has 0 radical (unpaired) electrons. The van der Waals surface area contributed by atoms with E-state index in [1.165, 1.54) is 11.8 Å². The van der Waals surface area contributed by atoms with Gasteiger partial charge in [-0.05, 0) is 48.0 Å². The van der Waals surface area contributed by atoms with Crippen molar-refractivity contribution in [3.63, 3.8) is 0 Å². The predicted octanol–water partition coefficient (Wildman–Crippen LogP) is 4.21. The van der Waals surface area contributed by atoms with E-state index in [2.05, 4.69) is 20.3 Å². The number of aromatic nitrogens is 3. The third-order valence-corrected chi connectivity index (χ3v) is 4.55. The van der Waals surface area contributed by atoms with Crippen molar-refractivity contribution in [3.05, 3.63) is 71.5 Å². The fourth-order valence-corrected chi connectivity index (χ4v) is 3.24. The Morgan fingerprint density at radius 3 is 2.28 bits per heavy atom. The quantitative estimate of drug-likeness (QED) is 0.675. The van der Waals surface area contributed by atoms with Crippen LogP contribution in [-0.4, -0.2) is 26.1 Å². The molecule has 0 fully saturated rings. The summed E-state index contributed by atoms with van der Waals surface area (Å²) in [6.07, 6.45) is -0.693. The summed E-state index contributed by atoms with van der Waals surface area (Å²) < 4.78 is 0. The molecule has 0 saturated heterocycles. The number of anilines is 1. The van der Waals surface area contributed by atoms with Gasteiger partial charge in [0.1, 0.15) is 0 Å². The van der Waals surface area contributed by atoms with Gasteiger partial charge in [-0.1, -0.05) is 48.5 Å². The highest BCUT2D eigenvalue weighted by Gasteiger charge is 2.18. The summed E-state index contributed by atoms with van der Waals surface area (Å²) in [5.41, 5.74) is 0.821. The minimum atomic E-state index is -0.693. The van der Waals surface area contributed by atoms with E-state index in [0.717, 1.165) is 10.5 Å². The third kappa shape index (κ3) is 4.92. The van der Waals surface area contributed by atoms with E-state index < -0.39 is 6.10 Å². The first-order valence-electron chi connectivity index (χ1n) is 7.76. The molecule has 7 heteroatoms. The van der Waals surface area contributed by atoms with Crippen LogP contribution in [0.25, 0.3) is 0 Å². The Bertz CT molecular complexity index is 820. The van der Waals surface area contributed by atoms with Crippen LogP contribution in [0.4, 0.5) is 5.95 Å². The molecule has 3 rings (SSSR count). The first-order valence-corrected chi connectivity index (χ1v) is 8.95. The number of benzene rings is 2. The highest BCUT2D eigenvalue weighted by Crippen LogP contribution is 2.26. The van der Waals surface area contributed by atoms with Gasteiger partial charge < -0.3 is 10.4 Å². The largest absolute Gasteiger partial charge is 0.386 e. The Kier molecular flexibility index (Phi) is 5.86. The van der Waals surface area contributed by atoms with Gasteiger partial charge in [0.2, 0.25) is 11.2 Å². The molecule has 0 unspecified atom stereocenters. The van der Waals surface area contributed by atoms with Crippen LogP contribution in [0.5, 0.6) is 0 Å². The van der Waals surface area contributed by atoms with Crippen molar-refractivity contribution in [1.29, 1.82) is 0 Å². The van der Waals surface area contributed by atoms with Gasteiger partial charge >= 0.3 is 0 Å². The van der Waals surface area contributed by atoms with Gasteiger partial charge in [-0.3, -0.25) is 0 Å². The number of aliphatic hydroxyl groups excluding tert-OH is 1. The molecule has 0 aliphatic carbocycles. The lowest BCUT2D eigenvalue weighted by Gasteiger charge is -2.20. The Hall–Kier alpha value is -2.15. The van der Waals surface area contributed by atoms with E-state index in [4.69, 9.17) is 11.6 Å². The number of nitrogens with one attached hydrogen (secondary N) is 1. The first kappa shape index (κ1) is 17.7. The van der Waals surface area contributed by atoms with Gasteiger partial charge in [-0.15, -0.1) is 0 Å². The maximum Gasteiger partial charge on any atom is 0.228 e. The lowest BCUT2D eigenvalue weighted by molar-refractivity contribution is 0.160. The van der Waals surface area contributed by atoms with Gasteiger partial charge in [0.05, 0.1) is 12.1 Å². The molecule has 1 heterocycles. The minimum absolute atomic E-state index is 0.109. The van der Waals surface area contributed by atoms with Crippen molar-refractivity contribution >= 4 is 29.3 Å². The average molecular weight is 373 g/mol. The third-order valence-electron chi connectivity index (χ3n) is 3.51. The van der Waals surface area contributed by atoms with Crippen molar-refractivity contribution in [3.8, 4) is 0 Å². The molecule has 0 aliphatic rings. The Morgan fingerprint density at radius 1 is 0.960 bits per heavy atom. The highest BCUT2D eigenvalue weighted by atomic mass is 35.5. The molecule has 25 heavy (non-hydrogen) atoms. The number of halogens is 1. The fourth-order valence-electron chi connectivity index (χ4n) is 2.26. The second-order valence-corrected chi connectivity index (χ2v) is 6.79. The van der Waals surface area contributed by atoms with E-state index in [1.54, 1.807) is 0 Å². The average Bonchev–Trinajstić information content (AvgIpc) is 2.62. The molecule has 1 aromatic heterocycles. The smallest absolute Gasteiger partial charge is 0.228 e. The first-order chi connectivity index (χ1) is 12.1. The monoisotopic (exact) mass is 372 g/mol. The molecule has 0 bridgehead atoms. The Morgan fingerprint density at radius 2 is 1.60 bits per heavy atom. The summed E-state index contributed by atoms with van der Waals surface area (Å²) in [7, 11) is 0. The second kappa shape index (κ2) is 8.29. The molecule has 0 aliphatic heterocycles. The van der Waals surface area contributed by atoms with Crippen LogP contribution in [0.15, 0.2) is 70.7 Å². The summed E-state index contributed by atoms with van der Waals surface area (Å²) in [6, 6.07) is 18.9. The van der Waals surface area contributed by atoms with Gasteiger partial charge in [0.25, 0.3) is 0 Å². The van der Waals surface area contributed by atoms with Crippen LogP contribution >= 0.6 is 23.4 Å². The molecule has 2 atom stereocenters. The molecule has 0 spiro atoms. The van der Waals surface area contributed by atoms with Crippen LogP contribution < -0.4 is 5.32 Å². The Balaban J connectivity index is 1.74. The minimum Gasteiger partial charge on any atom is -0.386 e. The van der Waals surface area contributed by atoms with E-state index in [1.807, 2.05) is 67.6 Å². The van der Waals surface area contributed by atoms with Crippen molar-refractivity contribution in [2.75, 3.05) is 5.32 Å². The fraction of sp³-hybridized carbons (Fsp3) is 0.167. The van der Waals surface area contributed by atoms with Crippen molar-refractivity contribution in [2.45, 2.75) is 29.1 Å². The van der Waals surface area contributed by atoms with Crippen molar-refractivity contribution in [1.82, 2.24) is 15.0 Å². The lowest BCUT2D eigenvalue weighted by Crippen LogP contribution is -2.25. The molecular weight excluding hydrogens is 356 g/mol. The molecular formula is C18H17ClN4OS. The van der Waals surface area contributed by atoms with Gasteiger partial charge in [0.15, 0.2) is 5.16 Å². The normalized spacial score (nSPS) is 13.2. The van der Waals surface area contributed by atoms with Crippen molar-refractivity contribution < 1.29 is 5.11 Å². The second-order valence-electron chi connectivity index (χ2n) is 5.41. The van der Waals surface area contributed by atoms with Crippen LogP contribution in [0.1, 0.15) is 18.6 Å². The van der Waals surface area contributed by atoms with E-state index in [9.17, 15) is 5.11 Å². The van der Waals surface area contributed by atoms with E-state index in [0.29, 0.717) is 11.1 Å². The SMILES string of the molecule is C[C@@H](Nc1nc(Cl)nc(Sc2ccccc2)n1)[C@@H](O)c1ccccc1. The number of hydrogen-bond donors (Lipinski definition) is 2. The highest BCUT2D eigenvalue weighted by molar-refractivity contribution is 7.99. The van der Waals surface area contributed by atoms with Crippen LogP contribution in [0.3, 0.4) is 0 Å². The van der Waals surface area contributed by atoms with E-state index in [-0.39, 0.29) is 11.3 Å². The molecule has 128 valence electrons. The lowest BCUT2D eigenvalue weighted by atomic mass is 10.0. The van der Waals surface area contributed by atoms with Crippen LogP contribution in [-0.2, 0) is 0 Å². The molecule has 2 aromatic carbocycles. The van der Waals surface area contributed by atoms with Gasteiger partial charge in [-0.25, -0.2) is 0 Å². The number of aliphatic hydroxyl groups is 1. The van der Waals surface area contributed by atoms with Crippen LogP contribution in [0, 0.1) is 0 Å². The maximum absolute atomic E-state index is 10.5.